The van der Waals surface area contributed by atoms with Gasteiger partial charge in [0, 0.05) is 19.4 Å². The molecule has 2 atom stereocenters. The molecule has 5 nitrogen and oxygen atoms in total. The number of rotatable bonds is 1. The fraction of sp³-hybridized carbons (Fsp3) is 0.533. The van der Waals surface area contributed by atoms with Crippen molar-refractivity contribution in [3.05, 3.63) is 35.9 Å². The molecular weight excluding hydrogens is 258 g/mol. The Bertz CT molecular complexity index is 512. The lowest BCUT2D eigenvalue weighted by atomic mass is 9.90. The van der Waals surface area contributed by atoms with E-state index in [4.69, 9.17) is 14.2 Å². The van der Waals surface area contributed by atoms with Crippen LogP contribution in [0.4, 0.5) is 4.79 Å². The van der Waals surface area contributed by atoms with Crippen LogP contribution in [0.15, 0.2) is 30.3 Å². The first-order valence-corrected chi connectivity index (χ1v) is 7.08. The summed E-state index contributed by atoms with van der Waals surface area (Å²) in [5.41, 5.74) is 1.03. The number of carbonyl (C=O) groups is 1. The van der Waals surface area contributed by atoms with Crippen molar-refractivity contribution in [3.8, 4) is 0 Å². The van der Waals surface area contributed by atoms with E-state index >= 15 is 0 Å². The molecule has 0 saturated carbocycles. The van der Waals surface area contributed by atoms with Crippen molar-refractivity contribution in [2.75, 3.05) is 19.8 Å². The molecule has 3 heterocycles. The normalized spacial score (nSPS) is 31.4. The lowest BCUT2D eigenvalue weighted by Crippen LogP contribution is -2.50. The minimum atomic E-state index is -0.512. The van der Waals surface area contributed by atoms with Gasteiger partial charge in [-0.3, -0.25) is 0 Å². The lowest BCUT2D eigenvalue weighted by Gasteiger charge is -2.39. The molecule has 20 heavy (non-hydrogen) atoms. The molecule has 1 spiro atoms. The molecule has 0 aromatic heterocycles. The third-order valence-electron chi connectivity index (χ3n) is 4.41. The van der Waals surface area contributed by atoms with Crippen molar-refractivity contribution in [1.82, 2.24) is 4.90 Å². The maximum Gasteiger partial charge on any atom is 0.410 e. The summed E-state index contributed by atoms with van der Waals surface area (Å²) in [6, 6.07) is 9.89. The third-order valence-corrected chi connectivity index (χ3v) is 4.41. The Balaban J connectivity index is 1.63. The average molecular weight is 275 g/mol. The van der Waals surface area contributed by atoms with E-state index in [2.05, 4.69) is 0 Å². The van der Waals surface area contributed by atoms with Gasteiger partial charge in [0.15, 0.2) is 5.79 Å². The standard InChI is InChI=1S/C15H17NO4/c17-14-16-7-6-15(18-8-9-19-15)10-12(16)13(20-14)11-4-2-1-3-5-11/h1-5,12-13H,6-10H2/t12-,13+/m0/s1. The molecule has 1 aromatic carbocycles. The topological polar surface area (TPSA) is 48.0 Å². The fourth-order valence-electron chi connectivity index (χ4n) is 3.43. The van der Waals surface area contributed by atoms with Crippen molar-refractivity contribution in [3.63, 3.8) is 0 Å². The minimum Gasteiger partial charge on any atom is -0.439 e. The Morgan fingerprint density at radius 2 is 1.90 bits per heavy atom. The van der Waals surface area contributed by atoms with Gasteiger partial charge in [0.25, 0.3) is 0 Å². The monoisotopic (exact) mass is 275 g/mol. The molecule has 4 rings (SSSR count). The van der Waals surface area contributed by atoms with E-state index in [-0.39, 0.29) is 18.2 Å². The van der Waals surface area contributed by atoms with Crippen LogP contribution in [0, 0.1) is 0 Å². The molecule has 0 aliphatic carbocycles. The Kier molecular flexibility index (Phi) is 2.72. The number of carbonyl (C=O) groups excluding carboxylic acids is 1. The maximum atomic E-state index is 12.0. The molecule has 0 radical (unpaired) electrons. The second-order valence-electron chi connectivity index (χ2n) is 5.54. The van der Waals surface area contributed by atoms with Gasteiger partial charge in [-0.25, -0.2) is 4.79 Å². The third kappa shape index (κ3) is 1.81. The Labute approximate surface area is 117 Å². The number of benzene rings is 1. The maximum absolute atomic E-state index is 12.0. The van der Waals surface area contributed by atoms with Crippen LogP contribution in [0.5, 0.6) is 0 Å². The summed E-state index contributed by atoms with van der Waals surface area (Å²) in [6.07, 6.45) is 0.948. The van der Waals surface area contributed by atoms with Crippen LogP contribution < -0.4 is 0 Å². The molecule has 5 heteroatoms. The Hall–Kier alpha value is -1.59. The van der Waals surface area contributed by atoms with E-state index in [1.54, 1.807) is 0 Å². The number of piperidine rings is 1. The van der Waals surface area contributed by atoms with Crippen LogP contribution in [-0.4, -0.2) is 42.6 Å². The molecule has 0 N–H and O–H groups in total. The van der Waals surface area contributed by atoms with E-state index in [9.17, 15) is 4.79 Å². The summed E-state index contributed by atoms with van der Waals surface area (Å²) in [5.74, 6) is -0.512. The summed E-state index contributed by atoms with van der Waals surface area (Å²) >= 11 is 0. The highest BCUT2D eigenvalue weighted by molar-refractivity contribution is 5.71. The number of hydrogen-bond acceptors (Lipinski definition) is 4. The van der Waals surface area contributed by atoms with Crippen molar-refractivity contribution < 1.29 is 19.0 Å². The van der Waals surface area contributed by atoms with Crippen LogP contribution in [-0.2, 0) is 14.2 Å². The lowest BCUT2D eigenvalue weighted by molar-refractivity contribution is -0.191. The van der Waals surface area contributed by atoms with Gasteiger partial charge in [-0.1, -0.05) is 30.3 Å². The van der Waals surface area contributed by atoms with Gasteiger partial charge in [0.05, 0.1) is 19.3 Å². The average Bonchev–Trinajstić information content (AvgIpc) is 3.06. The first kappa shape index (κ1) is 12.2. The number of hydrogen-bond donors (Lipinski definition) is 0. The highest BCUT2D eigenvalue weighted by atomic mass is 16.7. The molecule has 3 aliphatic heterocycles. The van der Waals surface area contributed by atoms with Crippen molar-refractivity contribution in [1.29, 1.82) is 0 Å². The number of fused-ring (bicyclic) bond motifs is 1. The van der Waals surface area contributed by atoms with E-state index in [0.29, 0.717) is 26.2 Å². The molecule has 1 amide bonds. The molecule has 3 fully saturated rings. The Morgan fingerprint density at radius 3 is 2.65 bits per heavy atom. The predicted octanol–water partition coefficient (Wildman–Crippen LogP) is 2.09. The van der Waals surface area contributed by atoms with Gasteiger partial charge in [0.2, 0.25) is 0 Å². The highest BCUT2D eigenvalue weighted by Gasteiger charge is 2.53. The van der Waals surface area contributed by atoms with Gasteiger partial charge in [-0.2, -0.15) is 0 Å². The largest absolute Gasteiger partial charge is 0.439 e. The smallest absolute Gasteiger partial charge is 0.410 e. The van der Waals surface area contributed by atoms with Gasteiger partial charge in [-0.15, -0.1) is 0 Å². The van der Waals surface area contributed by atoms with Crippen LogP contribution >= 0.6 is 0 Å². The number of nitrogens with zero attached hydrogens (tertiary/aromatic N) is 1. The fourth-order valence-corrected chi connectivity index (χ4v) is 3.43. The predicted molar refractivity (Wildman–Crippen MR) is 70.0 cm³/mol. The van der Waals surface area contributed by atoms with E-state index in [0.717, 1.165) is 12.0 Å². The zero-order valence-corrected chi connectivity index (χ0v) is 11.2. The first-order chi connectivity index (χ1) is 9.77. The van der Waals surface area contributed by atoms with E-state index < -0.39 is 5.79 Å². The van der Waals surface area contributed by atoms with Crippen molar-refractivity contribution in [2.24, 2.45) is 0 Å². The van der Waals surface area contributed by atoms with Crippen molar-refractivity contribution >= 4 is 6.09 Å². The zero-order chi connectivity index (χ0) is 13.6. The molecule has 0 bridgehead atoms. The van der Waals surface area contributed by atoms with E-state index in [1.165, 1.54) is 0 Å². The van der Waals surface area contributed by atoms with Gasteiger partial charge >= 0.3 is 6.09 Å². The number of cyclic esters (lactones) is 1. The molecule has 0 unspecified atom stereocenters. The SMILES string of the molecule is O=C1O[C@H](c2ccccc2)[C@@H]2CC3(CCN12)OCCO3. The quantitative estimate of drug-likeness (QED) is 0.787. The molecule has 106 valence electrons. The first-order valence-electron chi connectivity index (χ1n) is 7.08. The van der Waals surface area contributed by atoms with E-state index in [1.807, 2.05) is 35.2 Å². The van der Waals surface area contributed by atoms with Crippen LogP contribution in [0.3, 0.4) is 0 Å². The van der Waals surface area contributed by atoms with Crippen LogP contribution in [0.1, 0.15) is 24.5 Å². The Morgan fingerprint density at radius 1 is 1.15 bits per heavy atom. The van der Waals surface area contributed by atoms with Crippen LogP contribution in [0.2, 0.25) is 0 Å². The molecule has 3 saturated heterocycles. The summed E-state index contributed by atoms with van der Waals surface area (Å²) in [4.78, 5) is 13.8. The molecule has 1 aromatic rings. The highest BCUT2D eigenvalue weighted by Crippen LogP contribution is 2.43. The molecular formula is C15H17NO4. The summed E-state index contributed by atoms with van der Waals surface area (Å²) in [6.45, 7) is 1.90. The second kappa shape index (κ2) is 4.46. The van der Waals surface area contributed by atoms with Crippen LogP contribution in [0.25, 0.3) is 0 Å². The van der Waals surface area contributed by atoms with Gasteiger partial charge < -0.3 is 19.1 Å². The summed E-state index contributed by atoms with van der Waals surface area (Å²) in [5, 5.41) is 0. The van der Waals surface area contributed by atoms with Crippen molar-refractivity contribution in [2.45, 2.75) is 30.8 Å². The zero-order valence-electron chi connectivity index (χ0n) is 11.2. The summed E-state index contributed by atoms with van der Waals surface area (Å²) in [7, 11) is 0. The number of amides is 1. The number of ether oxygens (including phenoxy) is 3. The molecule has 3 aliphatic rings. The summed E-state index contributed by atoms with van der Waals surface area (Å²) < 4.78 is 17.2. The second-order valence-corrected chi connectivity index (χ2v) is 5.54. The van der Waals surface area contributed by atoms with Gasteiger partial charge in [-0.05, 0) is 5.56 Å². The minimum absolute atomic E-state index is 0.00301. The van der Waals surface area contributed by atoms with Gasteiger partial charge in [0.1, 0.15) is 6.10 Å².